The monoisotopic (exact) mass is 334 g/mol. The van der Waals surface area contributed by atoms with Crippen LogP contribution in [-0.4, -0.2) is 19.9 Å². The first-order valence-electron chi connectivity index (χ1n) is 5.55. The Bertz CT molecular complexity index is 607. The lowest BCUT2D eigenvalue weighted by atomic mass is 10.2. The summed E-state index contributed by atoms with van der Waals surface area (Å²) in [5.41, 5.74) is 6.24. The largest absolute Gasteiger partial charge is 0.329 e. The van der Waals surface area contributed by atoms with Crippen LogP contribution in [0.4, 0.5) is 0 Å². The molecule has 0 spiro atoms. The Hall–Kier alpha value is -1.14. The van der Waals surface area contributed by atoms with Gasteiger partial charge >= 0.3 is 0 Å². The maximum atomic E-state index is 12.5. The highest BCUT2D eigenvalue weighted by atomic mass is 35.5. The third-order valence-electron chi connectivity index (χ3n) is 2.72. The summed E-state index contributed by atoms with van der Waals surface area (Å²) >= 11 is 0. The summed E-state index contributed by atoms with van der Waals surface area (Å²) in [5, 5.41) is -0.756. The summed E-state index contributed by atoms with van der Waals surface area (Å²) in [4.78, 5) is 4.22. The molecule has 0 aliphatic rings. The number of nitrogens with zero attached hydrogens (tertiary/aromatic N) is 1. The van der Waals surface area contributed by atoms with E-state index in [2.05, 4.69) is 4.98 Å². The molecule has 110 valence electrons. The minimum atomic E-state index is -3.47. The van der Waals surface area contributed by atoms with Crippen LogP contribution < -0.4 is 5.73 Å². The third-order valence-corrected chi connectivity index (χ3v) is 4.86. The topological polar surface area (TPSA) is 73.0 Å². The number of nitrogens with two attached hydrogens (primary N) is 1. The zero-order chi connectivity index (χ0) is 13.0. The van der Waals surface area contributed by atoms with Gasteiger partial charge in [-0.1, -0.05) is 24.3 Å². The predicted molar refractivity (Wildman–Crippen MR) is 84.2 cm³/mol. The lowest BCUT2D eigenvalue weighted by Crippen LogP contribution is -2.22. The van der Waals surface area contributed by atoms with Crippen molar-refractivity contribution in [3.63, 3.8) is 0 Å². The van der Waals surface area contributed by atoms with E-state index in [0.29, 0.717) is 5.56 Å². The van der Waals surface area contributed by atoms with Gasteiger partial charge in [-0.15, -0.1) is 24.8 Å². The number of hydrogen-bond acceptors (Lipinski definition) is 4. The number of sulfone groups is 1. The average molecular weight is 335 g/mol. The molecule has 0 saturated carbocycles. The van der Waals surface area contributed by atoms with Crippen LogP contribution in [0.25, 0.3) is 0 Å². The van der Waals surface area contributed by atoms with Crippen LogP contribution in [0.15, 0.2) is 59.8 Å². The van der Waals surface area contributed by atoms with Crippen LogP contribution in [-0.2, 0) is 9.84 Å². The molecule has 0 amide bonds. The SMILES string of the molecule is Cl.Cl.NCC(c1cccnc1)S(=O)(=O)c1ccccc1. The van der Waals surface area contributed by atoms with Crippen LogP contribution in [0.1, 0.15) is 10.8 Å². The minimum absolute atomic E-state index is 0. The molecule has 4 nitrogen and oxygen atoms in total. The van der Waals surface area contributed by atoms with Gasteiger partial charge in [-0.25, -0.2) is 8.42 Å². The first-order valence-corrected chi connectivity index (χ1v) is 7.10. The molecule has 0 aliphatic carbocycles. The molecule has 0 radical (unpaired) electrons. The normalized spacial score (nSPS) is 11.8. The molecule has 0 fully saturated rings. The van der Waals surface area contributed by atoms with Crippen molar-refractivity contribution in [2.45, 2.75) is 10.1 Å². The second kappa shape index (κ2) is 8.21. The molecule has 7 heteroatoms. The molecule has 1 atom stereocenters. The van der Waals surface area contributed by atoms with E-state index in [0.717, 1.165) is 0 Å². The fourth-order valence-electron chi connectivity index (χ4n) is 1.78. The van der Waals surface area contributed by atoms with E-state index in [1.54, 1.807) is 48.7 Å². The van der Waals surface area contributed by atoms with E-state index in [9.17, 15) is 8.42 Å². The van der Waals surface area contributed by atoms with Crippen molar-refractivity contribution in [3.05, 3.63) is 60.4 Å². The summed E-state index contributed by atoms with van der Waals surface area (Å²) in [5.74, 6) is 0. The Balaban J connectivity index is 0.00000180. The van der Waals surface area contributed by atoms with Crippen molar-refractivity contribution < 1.29 is 8.42 Å². The van der Waals surface area contributed by atoms with Gasteiger partial charge in [0.15, 0.2) is 9.84 Å². The predicted octanol–water partition coefficient (Wildman–Crippen LogP) is 2.40. The maximum Gasteiger partial charge on any atom is 0.186 e. The standard InChI is InChI=1S/C13H14N2O2S.2ClH/c14-9-13(11-5-4-8-15-10-11)18(16,17)12-6-2-1-3-7-12;;/h1-8,10,13H,9,14H2;2*1H. The highest BCUT2D eigenvalue weighted by Crippen LogP contribution is 2.27. The molecule has 1 aromatic heterocycles. The molecule has 2 aromatic rings. The molecular weight excluding hydrogens is 319 g/mol. The van der Waals surface area contributed by atoms with Gasteiger partial charge in [0.05, 0.1) is 4.90 Å². The zero-order valence-electron chi connectivity index (χ0n) is 10.5. The van der Waals surface area contributed by atoms with Gasteiger partial charge in [-0.05, 0) is 23.8 Å². The molecule has 2 N–H and O–H groups in total. The Kier molecular flexibility index (Phi) is 7.75. The molecule has 1 unspecified atom stereocenters. The highest BCUT2D eigenvalue weighted by Gasteiger charge is 2.27. The Labute approximate surface area is 131 Å². The minimum Gasteiger partial charge on any atom is -0.329 e. The summed E-state index contributed by atoms with van der Waals surface area (Å²) < 4.78 is 24.9. The van der Waals surface area contributed by atoms with Gasteiger partial charge in [0.1, 0.15) is 5.25 Å². The first kappa shape index (κ1) is 18.9. The molecule has 0 aliphatic heterocycles. The van der Waals surface area contributed by atoms with Crippen molar-refractivity contribution in [2.24, 2.45) is 5.73 Å². The van der Waals surface area contributed by atoms with Gasteiger partial charge in [0.2, 0.25) is 0 Å². The third kappa shape index (κ3) is 3.93. The van der Waals surface area contributed by atoms with Crippen molar-refractivity contribution in [1.29, 1.82) is 0 Å². The smallest absolute Gasteiger partial charge is 0.186 e. The van der Waals surface area contributed by atoms with Crippen molar-refractivity contribution in [3.8, 4) is 0 Å². The van der Waals surface area contributed by atoms with E-state index in [1.165, 1.54) is 6.20 Å². The number of aromatic nitrogens is 1. The van der Waals surface area contributed by atoms with Gasteiger partial charge in [0.25, 0.3) is 0 Å². The van der Waals surface area contributed by atoms with Gasteiger partial charge in [-0.3, -0.25) is 4.98 Å². The van der Waals surface area contributed by atoms with Crippen LogP contribution in [0.2, 0.25) is 0 Å². The second-order valence-corrected chi connectivity index (χ2v) is 6.00. The summed E-state index contributed by atoms with van der Waals surface area (Å²) in [6, 6.07) is 11.8. The lowest BCUT2D eigenvalue weighted by Gasteiger charge is -2.15. The Morgan fingerprint density at radius 1 is 1.05 bits per heavy atom. The molecule has 2 rings (SSSR count). The molecule has 0 saturated heterocycles. The number of pyridine rings is 1. The Morgan fingerprint density at radius 3 is 2.20 bits per heavy atom. The summed E-state index contributed by atoms with van der Waals surface area (Å²) in [7, 11) is -3.47. The second-order valence-electron chi connectivity index (χ2n) is 3.87. The number of halogens is 2. The molecule has 1 heterocycles. The van der Waals surface area contributed by atoms with Gasteiger partial charge < -0.3 is 5.73 Å². The molecule has 20 heavy (non-hydrogen) atoms. The maximum absolute atomic E-state index is 12.5. The van der Waals surface area contributed by atoms with E-state index in [1.807, 2.05) is 0 Å². The van der Waals surface area contributed by atoms with Crippen LogP contribution >= 0.6 is 24.8 Å². The van der Waals surface area contributed by atoms with Crippen molar-refractivity contribution in [1.82, 2.24) is 4.98 Å². The zero-order valence-corrected chi connectivity index (χ0v) is 13.0. The fraction of sp³-hybridized carbons (Fsp3) is 0.154. The van der Waals surface area contributed by atoms with Gasteiger partial charge in [0, 0.05) is 18.9 Å². The average Bonchev–Trinajstić information content (AvgIpc) is 2.41. The first-order chi connectivity index (χ1) is 8.66. The highest BCUT2D eigenvalue weighted by molar-refractivity contribution is 7.91. The van der Waals surface area contributed by atoms with Crippen LogP contribution in [0.5, 0.6) is 0 Å². The Morgan fingerprint density at radius 2 is 1.70 bits per heavy atom. The molecule has 1 aromatic carbocycles. The summed E-state index contributed by atoms with van der Waals surface area (Å²) in [6.45, 7) is 0.0307. The lowest BCUT2D eigenvalue weighted by molar-refractivity contribution is 0.582. The van der Waals surface area contributed by atoms with E-state index in [4.69, 9.17) is 5.73 Å². The quantitative estimate of drug-likeness (QED) is 0.931. The van der Waals surface area contributed by atoms with Crippen molar-refractivity contribution >= 4 is 34.7 Å². The van der Waals surface area contributed by atoms with Crippen molar-refractivity contribution in [2.75, 3.05) is 6.54 Å². The fourth-order valence-corrected chi connectivity index (χ4v) is 3.40. The number of hydrogen-bond donors (Lipinski definition) is 1. The number of rotatable bonds is 4. The number of benzene rings is 1. The van der Waals surface area contributed by atoms with Crippen LogP contribution in [0, 0.1) is 0 Å². The van der Waals surface area contributed by atoms with E-state index >= 15 is 0 Å². The molecular formula is C13H16Cl2N2O2S. The van der Waals surface area contributed by atoms with E-state index in [-0.39, 0.29) is 36.3 Å². The molecule has 0 bridgehead atoms. The van der Waals surface area contributed by atoms with Crippen LogP contribution in [0.3, 0.4) is 0 Å². The van der Waals surface area contributed by atoms with Gasteiger partial charge in [-0.2, -0.15) is 0 Å². The summed E-state index contributed by atoms with van der Waals surface area (Å²) in [6.07, 6.45) is 3.14. The van der Waals surface area contributed by atoms with E-state index < -0.39 is 15.1 Å².